The molecule has 0 saturated heterocycles. The van der Waals surface area contributed by atoms with E-state index in [9.17, 15) is 0 Å². The highest BCUT2D eigenvalue weighted by molar-refractivity contribution is 9.10. The summed E-state index contributed by atoms with van der Waals surface area (Å²) in [5, 5.41) is 3.50. The second-order valence-corrected chi connectivity index (χ2v) is 5.97. The molecule has 17 heavy (non-hydrogen) atoms. The molecule has 94 valence electrons. The lowest BCUT2D eigenvalue weighted by molar-refractivity contribution is 0.775. The molecule has 5 heteroatoms. The van der Waals surface area contributed by atoms with Crippen molar-refractivity contribution in [3.8, 4) is 0 Å². The van der Waals surface area contributed by atoms with Crippen molar-refractivity contribution in [1.82, 2.24) is 0 Å². The van der Waals surface area contributed by atoms with Gasteiger partial charge in [-0.1, -0.05) is 19.1 Å². The Bertz CT molecular complexity index is 396. The number of thioether (sulfide) groups is 1. The summed E-state index contributed by atoms with van der Waals surface area (Å²) in [5.41, 5.74) is 7.59. The van der Waals surface area contributed by atoms with Gasteiger partial charge in [-0.15, -0.1) is 0 Å². The van der Waals surface area contributed by atoms with E-state index in [0.29, 0.717) is 11.0 Å². The number of nitrogens with two attached hydrogens (primary N) is 1. The van der Waals surface area contributed by atoms with Gasteiger partial charge in [-0.05, 0) is 46.8 Å². The molecule has 1 rings (SSSR count). The van der Waals surface area contributed by atoms with Crippen molar-refractivity contribution in [3.05, 3.63) is 28.2 Å². The van der Waals surface area contributed by atoms with E-state index in [2.05, 4.69) is 34.4 Å². The molecule has 2 nitrogen and oxygen atoms in total. The van der Waals surface area contributed by atoms with Crippen LogP contribution in [0.3, 0.4) is 0 Å². The van der Waals surface area contributed by atoms with Gasteiger partial charge in [0.2, 0.25) is 0 Å². The summed E-state index contributed by atoms with van der Waals surface area (Å²) in [5.74, 6) is 1.10. The monoisotopic (exact) mass is 332 g/mol. The number of hydrogen-bond acceptors (Lipinski definition) is 3. The Hall–Kier alpha value is -0.260. The molecular weight excluding hydrogens is 316 g/mol. The Balaban J connectivity index is 2.79. The van der Waals surface area contributed by atoms with Crippen LogP contribution in [0.2, 0.25) is 0 Å². The minimum Gasteiger partial charge on any atom is -0.389 e. The second kappa shape index (κ2) is 7.24. The number of rotatable bonds is 6. The number of thiocarbonyl (C=S) groups is 1. The van der Waals surface area contributed by atoms with Crippen LogP contribution in [-0.2, 0) is 0 Å². The summed E-state index contributed by atoms with van der Waals surface area (Å²) in [7, 11) is 0. The molecule has 0 aliphatic heterocycles. The van der Waals surface area contributed by atoms with Crippen molar-refractivity contribution in [2.75, 3.05) is 17.3 Å². The molecule has 0 saturated carbocycles. The van der Waals surface area contributed by atoms with Crippen LogP contribution in [0.15, 0.2) is 22.7 Å². The van der Waals surface area contributed by atoms with Gasteiger partial charge in [0.1, 0.15) is 4.99 Å². The van der Waals surface area contributed by atoms with Gasteiger partial charge in [0.25, 0.3) is 0 Å². The fraction of sp³-hybridized carbons (Fsp3) is 0.417. The number of hydrogen-bond donors (Lipinski definition) is 2. The molecule has 0 spiro atoms. The molecule has 3 N–H and O–H groups in total. The Kier molecular flexibility index (Phi) is 6.30. The molecule has 1 aromatic carbocycles. The molecule has 0 aliphatic carbocycles. The van der Waals surface area contributed by atoms with Crippen LogP contribution in [0, 0.1) is 0 Å². The Labute approximate surface area is 121 Å². The zero-order valence-corrected chi connectivity index (χ0v) is 13.2. The zero-order chi connectivity index (χ0) is 12.8. The molecule has 1 unspecified atom stereocenters. The highest BCUT2D eigenvalue weighted by Gasteiger charge is 2.07. The molecule has 0 bridgehead atoms. The average molecular weight is 333 g/mol. The van der Waals surface area contributed by atoms with Crippen LogP contribution in [0.1, 0.15) is 18.9 Å². The van der Waals surface area contributed by atoms with Crippen LogP contribution in [0.4, 0.5) is 5.69 Å². The van der Waals surface area contributed by atoms with Gasteiger partial charge in [-0.3, -0.25) is 0 Å². The first-order valence-electron chi connectivity index (χ1n) is 5.43. The van der Waals surface area contributed by atoms with Crippen molar-refractivity contribution >= 4 is 50.6 Å². The summed E-state index contributed by atoms with van der Waals surface area (Å²) >= 11 is 10.3. The number of anilines is 1. The molecular formula is C12H17BrN2S2. The summed E-state index contributed by atoms with van der Waals surface area (Å²) < 4.78 is 0.939. The minimum absolute atomic E-state index is 0.416. The molecule has 0 radical (unpaired) electrons. The summed E-state index contributed by atoms with van der Waals surface area (Å²) in [6.45, 7) is 2.19. The molecule has 0 aliphatic rings. The number of nitrogens with one attached hydrogen (secondary N) is 1. The summed E-state index contributed by atoms with van der Waals surface area (Å²) in [4.78, 5) is 0.416. The van der Waals surface area contributed by atoms with E-state index >= 15 is 0 Å². The van der Waals surface area contributed by atoms with Gasteiger partial charge < -0.3 is 11.1 Å². The van der Waals surface area contributed by atoms with Crippen molar-refractivity contribution in [2.24, 2.45) is 5.73 Å². The highest BCUT2D eigenvalue weighted by atomic mass is 79.9. The van der Waals surface area contributed by atoms with E-state index in [-0.39, 0.29) is 0 Å². The lowest BCUT2D eigenvalue weighted by Gasteiger charge is -2.17. The molecule has 1 aromatic rings. The van der Waals surface area contributed by atoms with Crippen molar-refractivity contribution in [2.45, 2.75) is 19.4 Å². The maximum Gasteiger partial charge on any atom is 0.105 e. The maximum absolute atomic E-state index is 5.62. The molecule has 0 aromatic heterocycles. The fourth-order valence-electron chi connectivity index (χ4n) is 1.50. The van der Waals surface area contributed by atoms with Crippen LogP contribution in [0.5, 0.6) is 0 Å². The Morgan fingerprint density at radius 3 is 2.76 bits per heavy atom. The number of halogens is 1. The lowest BCUT2D eigenvalue weighted by Crippen LogP contribution is -2.21. The van der Waals surface area contributed by atoms with E-state index < -0.39 is 0 Å². The first-order chi connectivity index (χ1) is 8.08. The van der Waals surface area contributed by atoms with Crippen LogP contribution in [-0.4, -0.2) is 23.0 Å². The smallest absolute Gasteiger partial charge is 0.105 e. The minimum atomic E-state index is 0.416. The molecule has 0 heterocycles. The van der Waals surface area contributed by atoms with Crippen LogP contribution >= 0.6 is 39.9 Å². The van der Waals surface area contributed by atoms with E-state index in [1.54, 1.807) is 0 Å². The van der Waals surface area contributed by atoms with Gasteiger partial charge in [0.15, 0.2) is 0 Å². The largest absolute Gasteiger partial charge is 0.389 e. The zero-order valence-electron chi connectivity index (χ0n) is 10.00. The van der Waals surface area contributed by atoms with Gasteiger partial charge >= 0.3 is 0 Å². The maximum atomic E-state index is 5.62. The van der Waals surface area contributed by atoms with E-state index in [1.165, 1.54) is 0 Å². The first-order valence-corrected chi connectivity index (χ1v) is 8.02. The van der Waals surface area contributed by atoms with Crippen molar-refractivity contribution in [3.63, 3.8) is 0 Å². The summed E-state index contributed by atoms with van der Waals surface area (Å²) in [6.07, 6.45) is 3.23. The Morgan fingerprint density at radius 2 is 2.29 bits per heavy atom. The third-order valence-electron chi connectivity index (χ3n) is 2.47. The normalized spacial score (nSPS) is 12.2. The fourth-order valence-corrected chi connectivity index (χ4v) is 3.13. The van der Waals surface area contributed by atoms with Gasteiger partial charge in [0, 0.05) is 27.5 Å². The molecule has 1 atom stereocenters. The van der Waals surface area contributed by atoms with Gasteiger partial charge in [0.05, 0.1) is 0 Å². The van der Waals surface area contributed by atoms with Crippen LogP contribution in [0.25, 0.3) is 0 Å². The molecule has 0 fully saturated rings. The third kappa shape index (κ3) is 4.48. The predicted molar refractivity (Wildman–Crippen MR) is 86.1 cm³/mol. The standard InChI is InChI=1S/C12H17BrN2S2/c1-3-8(7-17-2)15-9-4-5-10(12(14)16)11(13)6-9/h4-6,8,15H,3,7H2,1-2H3,(H2,14,16). The van der Waals surface area contributed by atoms with E-state index in [0.717, 1.165) is 27.9 Å². The second-order valence-electron chi connectivity index (χ2n) is 3.76. The topological polar surface area (TPSA) is 38.0 Å². The van der Waals surface area contributed by atoms with Crippen molar-refractivity contribution < 1.29 is 0 Å². The highest BCUT2D eigenvalue weighted by Crippen LogP contribution is 2.22. The summed E-state index contributed by atoms with van der Waals surface area (Å²) in [6, 6.07) is 6.48. The van der Waals surface area contributed by atoms with Gasteiger partial charge in [-0.2, -0.15) is 11.8 Å². The number of benzene rings is 1. The average Bonchev–Trinajstić information content (AvgIpc) is 2.28. The third-order valence-corrected chi connectivity index (χ3v) is 4.08. The van der Waals surface area contributed by atoms with Crippen molar-refractivity contribution in [1.29, 1.82) is 0 Å². The van der Waals surface area contributed by atoms with E-state index in [4.69, 9.17) is 18.0 Å². The SMILES string of the molecule is CCC(CSC)Nc1ccc(C(N)=S)c(Br)c1. The predicted octanol–water partition coefficient (Wildman–Crippen LogP) is 3.64. The first kappa shape index (κ1) is 14.8. The van der Waals surface area contributed by atoms with E-state index in [1.807, 2.05) is 30.0 Å². The lowest BCUT2D eigenvalue weighted by atomic mass is 10.2. The Morgan fingerprint density at radius 1 is 1.59 bits per heavy atom. The molecule has 0 amide bonds. The van der Waals surface area contributed by atoms with Crippen LogP contribution < -0.4 is 11.1 Å². The quantitative estimate of drug-likeness (QED) is 0.780. The van der Waals surface area contributed by atoms with Gasteiger partial charge in [-0.25, -0.2) is 0 Å².